The summed E-state index contributed by atoms with van der Waals surface area (Å²) in [5.41, 5.74) is 0.331. The molecule has 0 fully saturated rings. The van der Waals surface area contributed by atoms with Gasteiger partial charge in [-0.05, 0) is 21.7 Å². The molecule has 0 aliphatic heterocycles. The number of halogens is 1. The third-order valence-electron chi connectivity index (χ3n) is 1.89. The fourth-order valence-corrected chi connectivity index (χ4v) is 3.41. The number of amides is 1. The van der Waals surface area contributed by atoms with Gasteiger partial charge in [0.05, 0.1) is 4.47 Å². The molecule has 9 heteroatoms. The molecule has 0 unspecified atom stereocenters. The average Bonchev–Trinajstić information content (AvgIpc) is 2.86. The van der Waals surface area contributed by atoms with Gasteiger partial charge in [0.1, 0.15) is 0 Å². The maximum Gasteiger partial charge on any atom is 0.279 e. The summed E-state index contributed by atoms with van der Waals surface area (Å²) in [6.07, 6.45) is 1.72. The number of anilines is 1. The lowest BCUT2D eigenvalue weighted by Gasteiger charge is -1.97. The van der Waals surface area contributed by atoms with Gasteiger partial charge >= 0.3 is 0 Å². The molecule has 2 heterocycles. The first kappa shape index (κ1) is 13.5. The highest BCUT2D eigenvalue weighted by molar-refractivity contribution is 9.10. The summed E-state index contributed by atoms with van der Waals surface area (Å²) in [5, 5.41) is 15.1. The van der Waals surface area contributed by atoms with E-state index in [1.807, 2.05) is 6.92 Å². The van der Waals surface area contributed by atoms with Crippen LogP contribution in [0.25, 0.3) is 0 Å². The molecular weight excluding hydrogens is 338 g/mol. The van der Waals surface area contributed by atoms with E-state index in [0.717, 1.165) is 10.1 Å². The summed E-state index contributed by atoms with van der Waals surface area (Å²) in [6.45, 7) is 2.04. The molecule has 0 radical (unpaired) electrons. The van der Waals surface area contributed by atoms with Crippen molar-refractivity contribution >= 4 is 50.1 Å². The van der Waals surface area contributed by atoms with Crippen molar-refractivity contribution in [1.82, 2.24) is 20.0 Å². The van der Waals surface area contributed by atoms with E-state index in [9.17, 15) is 4.79 Å². The quantitative estimate of drug-likeness (QED) is 0.679. The minimum absolute atomic E-state index is 0.299. The lowest BCUT2D eigenvalue weighted by molar-refractivity contribution is 0.102. The molecule has 18 heavy (non-hydrogen) atoms. The van der Waals surface area contributed by atoms with Crippen molar-refractivity contribution < 1.29 is 4.79 Å². The number of hydrogen-bond acceptors (Lipinski definition) is 6. The Morgan fingerprint density at radius 1 is 1.61 bits per heavy atom. The smallest absolute Gasteiger partial charge is 0.279 e. The fourth-order valence-electron chi connectivity index (χ4n) is 1.21. The van der Waals surface area contributed by atoms with E-state index in [2.05, 4.69) is 36.5 Å². The summed E-state index contributed by atoms with van der Waals surface area (Å²) in [5.74, 6) is 0.626. The van der Waals surface area contributed by atoms with Gasteiger partial charge in [-0.15, -0.1) is 10.2 Å². The van der Waals surface area contributed by atoms with Gasteiger partial charge in [-0.1, -0.05) is 30.0 Å². The molecule has 1 N–H and O–H groups in total. The molecule has 0 aliphatic rings. The summed E-state index contributed by atoms with van der Waals surface area (Å²) in [7, 11) is 1.75. The Bertz CT molecular complexity index is 567. The van der Waals surface area contributed by atoms with Gasteiger partial charge in [0.25, 0.3) is 5.91 Å². The van der Waals surface area contributed by atoms with Crippen LogP contribution in [0.1, 0.15) is 17.4 Å². The van der Waals surface area contributed by atoms with Crippen LogP contribution in [0.15, 0.2) is 15.0 Å². The summed E-state index contributed by atoms with van der Waals surface area (Å²) in [4.78, 5) is 11.9. The van der Waals surface area contributed by atoms with Crippen molar-refractivity contribution in [2.75, 3.05) is 11.1 Å². The first-order valence-corrected chi connectivity index (χ1v) is 7.66. The second kappa shape index (κ2) is 5.81. The van der Waals surface area contributed by atoms with Crippen LogP contribution in [0.3, 0.4) is 0 Å². The molecule has 6 nitrogen and oxygen atoms in total. The van der Waals surface area contributed by atoms with Gasteiger partial charge in [-0.3, -0.25) is 14.8 Å². The summed E-state index contributed by atoms with van der Waals surface area (Å²) >= 11 is 6.22. The minimum Gasteiger partial charge on any atom is -0.295 e. The zero-order chi connectivity index (χ0) is 13.1. The zero-order valence-electron chi connectivity index (χ0n) is 9.68. The first-order valence-electron chi connectivity index (χ1n) is 5.07. The monoisotopic (exact) mass is 347 g/mol. The molecule has 0 saturated carbocycles. The van der Waals surface area contributed by atoms with Crippen molar-refractivity contribution in [3.05, 3.63) is 16.4 Å². The predicted octanol–water partition coefficient (Wildman–Crippen LogP) is 2.40. The molecule has 96 valence electrons. The Labute approximate surface area is 120 Å². The second-order valence-corrected chi connectivity index (χ2v) is 6.60. The van der Waals surface area contributed by atoms with Crippen LogP contribution in [0, 0.1) is 0 Å². The van der Waals surface area contributed by atoms with Gasteiger partial charge in [-0.25, -0.2) is 0 Å². The number of aromatic nitrogens is 4. The number of carbonyl (C=O) groups excluding carboxylic acids is 1. The third kappa shape index (κ3) is 3.09. The van der Waals surface area contributed by atoms with E-state index < -0.39 is 0 Å². The van der Waals surface area contributed by atoms with Crippen LogP contribution < -0.4 is 5.32 Å². The van der Waals surface area contributed by atoms with Crippen molar-refractivity contribution in [1.29, 1.82) is 0 Å². The lowest BCUT2D eigenvalue weighted by Crippen LogP contribution is -2.13. The van der Waals surface area contributed by atoms with Crippen molar-refractivity contribution in [2.24, 2.45) is 7.05 Å². The number of carbonyl (C=O) groups is 1. The largest absolute Gasteiger partial charge is 0.295 e. The normalized spacial score (nSPS) is 10.6. The molecule has 0 bridgehead atoms. The lowest BCUT2D eigenvalue weighted by atomic mass is 10.4. The molecule has 0 atom stereocenters. The number of nitrogens with one attached hydrogen (secondary N) is 1. The number of rotatable bonds is 4. The first-order chi connectivity index (χ1) is 8.60. The summed E-state index contributed by atoms with van der Waals surface area (Å²) in [6, 6.07) is 0. The average molecular weight is 348 g/mol. The fraction of sp³-hybridized carbons (Fsp3) is 0.333. The Kier molecular flexibility index (Phi) is 4.36. The third-order valence-corrected chi connectivity index (χ3v) is 4.33. The van der Waals surface area contributed by atoms with Gasteiger partial charge in [0.2, 0.25) is 5.13 Å². The van der Waals surface area contributed by atoms with E-state index in [0.29, 0.717) is 15.3 Å². The Balaban J connectivity index is 2.08. The van der Waals surface area contributed by atoms with Crippen molar-refractivity contribution in [3.8, 4) is 0 Å². The summed E-state index contributed by atoms with van der Waals surface area (Å²) < 4.78 is 3.06. The van der Waals surface area contributed by atoms with Crippen LogP contribution in [-0.4, -0.2) is 31.6 Å². The number of aryl methyl sites for hydroxylation is 1. The second-order valence-electron chi connectivity index (χ2n) is 3.26. The van der Waals surface area contributed by atoms with E-state index in [4.69, 9.17) is 0 Å². The standard InChI is InChI=1S/C9H10BrN5OS2/c1-3-17-9-13-12-8(18-9)11-7(16)6-5(10)4-15(2)14-6/h4H,3H2,1-2H3,(H,11,12,16). The molecular formula is C9H10BrN5OS2. The molecule has 2 aromatic heterocycles. The molecule has 0 saturated heterocycles. The number of thioether (sulfide) groups is 1. The SMILES string of the molecule is CCSc1nnc(NC(=O)c2nn(C)cc2Br)s1. The van der Waals surface area contributed by atoms with Crippen LogP contribution >= 0.6 is 39.0 Å². The molecule has 0 spiro atoms. The van der Waals surface area contributed by atoms with Gasteiger partial charge < -0.3 is 0 Å². The van der Waals surface area contributed by atoms with Crippen LogP contribution in [-0.2, 0) is 7.05 Å². The molecule has 0 aliphatic carbocycles. The topological polar surface area (TPSA) is 72.7 Å². The molecule has 0 aromatic carbocycles. The zero-order valence-corrected chi connectivity index (χ0v) is 12.9. The molecule has 2 aromatic rings. The minimum atomic E-state index is -0.299. The van der Waals surface area contributed by atoms with Gasteiger partial charge in [0, 0.05) is 13.2 Å². The van der Waals surface area contributed by atoms with Crippen LogP contribution in [0.2, 0.25) is 0 Å². The Morgan fingerprint density at radius 3 is 3.00 bits per heavy atom. The van der Waals surface area contributed by atoms with Crippen molar-refractivity contribution in [3.63, 3.8) is 0 Å². The Morgan fingerprint density at radius 2 is 2.39 bits per heavy atom. The van der Waals surface area contributed by atoms with E-state index in [1.165, 1.54) is 11.3 Å². The van der Waals surface area contributed by atoms with Gasteiger partial charge in [0.15, 0.2) is 10.0 Å². The van der Waals surface area contributed by atoms with Crippen LogP contribution in [0.4, 0.5) is 5.13 Å². The van der Waals surface area contributed by atoms with Crippen molar-refractivity contribution in [2.45, 2.75) is 11.3 Å². The predicted molar refractivity (Wildman–Crippen MR) is 75.2 cm³/mol. The Hall–Kier alpha value is -0.930. The van der Waals surface area contributed by atoms with Crippen LogP contribution in [0.5, 0.6) is 0 Å². The highest BCUT2D eigenvalue weighted by Gasteiger charge is 2.16. The van der Waals surface area contributed by atoms with E-state index in [1.54, 1.807) is 29.7 Å². The highest BCUT2D eigenvalue weighted by Crippen LogP contribution is 2.25. The molecule has 1 amide bonds. The van der Waals surface area contributed by atoms with E-state index >= 15 is 0 Å². The number of hydrogen-bond donors (Lipinski definition) is 1. The molecule has 2 rings (SSSR count). The van der Waals surface area contributed by atoms with E-state index in [-0.39, 0.29) is 5.91 Å². The number of nitrogens with zero attached hydrogens (tertiary/aromatic N) is 4. The maximum absolute atomic E-state index is 11.9. The maximum atomic E-state index is 11.9. The van der Waals surface area contributed by atoms with Gasteiger partial charge in [-0.2, -0.15) is 5.10 Å². The highest BCUT2D eigenvalue weighted by atomic mass is 79.9.